The van der Waals surface area contributed by atoms with Crippen LogP contribution >= 0.6 is 7.82 Å². The molecule has 0 heterocycles. The minimum absolute atomic E-state index is 0.0633. The number of aliphatic hydroxyl groups excluding tert-OH is 5. The molecule has 1 fully saturated rings. The van der Waals surface area contributed by atoms with Gasteiger partial charge in [0, 0.05) is 12.8 Å². The number of aliphatic hydroxyl groups is 5. The predicted molar refractivity (Wildman–Crippen MR) is 267 cm³/mol. The van der Waals surface area contributed by atoms with Crippen LogP contribution in [0.25, 0.3) is 0 Å². The van der Waals surface area contributed by atoms with Crippen molar-refractivity contribution in [2.75, 3.05) is 13.2 Å². The van der Waals surface area contributed by atoms with E-state index < -0.39 is 75.7 Å². The maximum Gasteiger partial charge on any atom is 0.472 e. The Labute approximate surface area is 404 Å². The number of ether oxygens (including phenoxy) is 2. The smallest absolute Gasteiger partial charge is 0.462 e. The van der Waals surface area contributed by atoms with Crippen LogP contribution in [0.3, 0.4) is 0 Å². The molecule has 0 aromatic rings. The molecule has 8 atom stereocenters. The summed E-state index contributed by atoms with van der Waals surface area (Å²) in [6.07, 6.45) is 40.0. The molecule has 0 amide bonds. The summed E-state index contributed by atoms with van der Waals surface area (Å²) in [5, 5.41) is 50.2. The Morgan fingerprint density at radius 1 is 0.478 bits per heavy atom. The molecule has 67 heavy (non-hydrogen) atoms. The quantitative estimate of drug-likeness (QED) is 0.0111. The van der Waals surface area contributed by atoms with Crippen molar-refractivity contribution in [1.82, 2.24) is 0 Å². The van der Waals surface area contributed by atoms with E-state index in [0.29, 0.717) is 19.3 Å². The molecule has 388 valence electrons. The lowest BCUT2D eigenvalue weighted by Gasteiger charge is -2.41. The van der Waals surface area contributed by atoms with Gasteiger partial charge in [-0.2, -0.15) is 0 Å². The number of esters is 2. The molecule has 1 aliphatic carbocycles. The number of unbranched alkanes of at least 4 members (excludes halogenated alkanes) is 24. The van der Waals surface area contributed by atoms with Crippen LogP contribution in [-0.2, 0) is 32.7 Å². The van der Waals surface area contributed by atoms with Crippen molar-refractivity contribution in [3.8, 4) is 0 Å². The predicted octanol–water partition coefficient (Wildman–Crippen LogP) is 11.3. The molecule has 1 rings (SSSR count). The molecular formula is C53H93O13P. The fraction of sp³-hybridized carbons (Fsp3) is 0.774. The molecule has 0 spiro atoms. The molecule has 0 aromatic carbocycles. The number of carbonyl (C=O) groups is 2. The van der Waals surface area contributed by atoms with Gasteiger partial charge in [-0.05, 0) is 51.4 Å². The Hall–Kier alpha value is -2.45. The van der Waals surface area contributed by atoms with Crippen LogP contribution in [-0.4, -0.2) is 98.3 Å². The van der Waals surface area contributed by atoms with E-state index in [9.17, 15) is 44.6 Å². The molecule has 0 bridgehead atoms. The van der Waals surface area contributed by atoms with E-state index in [1.807, 2.05) is 36.5 Å². The molecule has 0 saturated heterocycles. The zero-order valence-electron chi connectivity index (χ0n) is 41.4. The second-order valence-corrected chi connectivity index (χ2v) is 19.5. The van der Waals surface area contributed by atoms with Crippen molar-refractivity contribution in [2.24, 2.45) is 0 Å². The first kappa shape index (κ1) is 62.6. The van der Waals surface area contributed by atoms with Crippen molar-refractivity contribution in [1.29, 1.82) is 0 Å². The molecule has 0 aliphatic heterocycles. The van der Waals surface area contributed by atoms with Crippen LogP contribution in [0, 0.1) is 0 Å². The lowest BCUT2D eigenvalue weighted by Crippen LogP contribution is -2.64. The first-order valence-corrected chi connectivity index (χ1v) is 27.6. The highest BCUT2D eigenvalue weighted by molar-refractivity contribution is 7.47. The minimum atomic E-state index is -5.14. The van der Waals surface area contributed by atoms with Crippen molar-refractivity contribution in [3.63, 3.8) is 0 Å². The summed E-state index contributed by atoms with van der Waals surface area (Å²) in [5.41, 5.74) is 0. The number of hydrogen-bond donors (Lipinski definition) is 6. The molecule has 6 N–H and O–H groups in total. The maximum absolute atomic E-state index is 12.8. The van der Waals surface area contributed by atoms with Crippen molar-refractivity contribution < 1.29 is 63.1 Å². The fourth-order valence-electron chi connectivity index (χ4n) is 7.77. The van der Waals surface area contributed by atoms with Gasteiger partial charge >= 0.3 is 19.8 Å². The fourth-order valence-corrected chi connectivity index (χ4v) is 8.75. The van der Waals surface area contributed by atoms with Gasteiger partial charge in [0.1, 0.15) is 43.2 Å². The summed E-state index contributed by atoms with van der Waals surface area (Å²) in [7, 11) is -5.14. The lowest BCUT2D eigenvalue weighted by molar-refractivity contribution is -0.220. The van der Waals surface area contributed by atoms with Crippen LogP contribution in [0.5, 0.6) is 0 Å². The third-order valence-electron chi connectivity index (χ3n) is 11.9. The molecule has 6 unspecified atom stereocenters. The van der Waals surface area contributed by atoms with Crippen LogP contribution in [0.2, 0.25) is 0 Å². The Balaban J connectivity index is 2.38. The van der Waals surface area contributed by atoms with Gasteiger partial charge < -0.3 is 39.9 Å². The highest BCUT2D eigenvalue weighted by Crippen LogP contribution is 2.47. The van der Waals surface area contributed by atoms with Crippen LogP contribution in [0.1, 0.15) is 206 Å². The lowest BCUT2D eigenvalue weighted by atomic mass is 9.85. The Morgan fingerprint density at radius 3 is 1.39 bits per heavy atom. The van der Waals surface area contributed by atoms with Crippen LogP contribution in [0.4, 0.5) is 0 Å². The summed E-state index contributed by atoms with van der Waals surface area (Å²) < 4.78 is 33.6. The number of hydrogen-bond acceptors (Lipinski definition) is 12. The van der Waals surface area contributed by atoms with E-state index in [4.69, 9.17) is 18.5 Å². The van der Waals surface area contributed by atoms with Gasteiger partial charge in [-0.3, -0.25) is 18.6 Å². The SMILES string of the molecule is CC/C=C/C=C/C=C/C=C/CCCCCCCC(=O)O[C@@H](COC(=O)CCC/C=C/CCCCCCCCCCCCCCCCCCCC)COP(=O)(O)OC1C(O)C(O)C(O)[C@H](O)C1O. The minimum Gasteiger partial charge on any atom is -0.462 e. The number of allylic oxidation sites excluding steroid dienone is 10. The number of phosphoric acid groups is 1. The molecule has 1 aliphatic rings. The average molecular weight is 969 g/mol. The molecule has 1 saturated carbocycles. The Bertz CT molecular complexity index is 1400. The van der Waals surface area contributed by atoms with Crippen molar-refractivity contribution in [2.45, 2.75) is 249 Å². The van der Waals surface area contributed by atoms with E-state index in [1.54, 1.807) is 0 Å². The van der Waals surface area contributed by atoms with E-state index in [0.717, 1.165) is 51.4 Å². The Morgan fingerprint density at radius 2 is 0.881 bits per heavy atom. The summed E-state index contributed by atoms with van der Waals surface area (Å²) in [5.74, 6) is -1.16. The first-order valence-electron chi connectivity index (χ1n) is 26.1. The van der Waals surface area contributed by atoms with Crippen molar-refractivity contribution >= 4 is 19.8 Å². The van der Waals surface area contributed by atoms with E-state index in [2.05, 4.69) is 38.2 Å². The van der Waals surface area contributed by atoms with Gasteiger partial charge in [0.15, 0.2) is 6.10 Å². The normalized spacial score (nSPS) is 21.6. The maximum atomic E-state index is 12.8. The van der Waals surface area contributed by atoms with E-state index in [1.165, 1.54) is 109 Å². The van der Waals surface area contributed by atoms with Crippen LogP contribution < -0.4 is 0 Å². The molecule has 0 radical (unpaired) electrons. The second kappa shape index (κ2) is 42.4. The zero-order chi connectivity index (χ0) is 49.2. The van der Waals surface area contributed by atoms with Gasteiger partial charge in [-0.1, -0.05) is 203 Å². The topological polar surface area (TPSA) is 210 Å². The highest BCUT2D eigenvalue weighted by Gasteiger charge is 2.51. The number of carbonyl (C=O) groups excluding carboxylic acids is 2. The molecular weight excluding hydrogens is 876 g/mol. The van der Waals surface area contributed by atoms with Gasteiger partial charge in [0.2, 0.25) is 0 Å². The van der Waals surface area contributed by atoms with Gasteiger partial charge in [-0.15, -0.1) is 0 Å². The molecule has 14 heteroatoms. The van der Waals surface area contributed by atoms with Gasteiger partial charge in [0.05, 0.1) is 6.61 Å². The number of phosphoric ester groups is 1. The third-order valence-corrected chi connectivity index (χ3v) is 12.9. The van der Waals surface area contributed by atoms with E-state index >= 15 is 0 Å². The first-order chi connectivity index (χ1) is 32.4. The third kappa shape index (κ3) is 34.5. The summed E-state index contributed by atoms with van der Waals surface area (Å²) in [6.45, 7) is 3.14. The Kier molecular flexibility index (Phi) is 39.6. The van der Waals surface area contributed by atoms with Crippen LogP contribution in [0.15, 0.2) is 60.8 Å². The second-order valence-electron chi connectivity index (χ2n) is 18.1. The monoisotopic (exact) mass is 969 g/mol. The van der Waals surface area contributed by atoms with Gasteiger partial charge in [-0.25, -0.2) is 4.57 Å². The summed E-state index contributed by atoms with van der Waals surface area (Å²) in [6, 6.07) is 0. The number of rotatable bonds is 43. The molecule has 0 aromatic heterocycles. The average Bonchev–Trinajstić information content (AvgIpc) is 3.31. The summed E-state index contributed by atoms with van der Waals surface area (Å²) >= 11 is 0. The highest BCUT2D eigenvalue weighted by atomic mass is 31.2. The van der Waals surface area contributed by atoms with Crippen molar-refractivity contribution in [3.05, 3.63) is 60.8 Å². The standard InChI is InChI=1S/C53H93O13P/c1-3-5-7-9-11-13-15-17-19-20-21-22-23-24-25-26-28-29-31-33-35-37-39-41-46(54)63-43-45(44-64-67(61,62)66-53-51(59)49(57)48(56)50(58)52(53)60)65-47(55)42-40-38-36-34-32-30-27-18-16-14-12-10-8-6-4-2/h6,8,10,12,14,16,18,27,33,35,45,48-53,56-60H,3-5,7,9,11,13,15,17,19-26,28-32,34,36-44H2,1-2H3,(H,61,62)/b8-6+,12-10+,16-14+,27-18+,35-33+/t45-,48?,49-,50?,51?,52?,53?/m0/s1. The summed E-state index contributed by atoms with van der Waals surface area (Å²) in [4.78, 5) is 35.8. The van der Waals surface area contributed by atoms with E-state index in [-0.39, 0.29) is 12.8 Å². The largest absolute Gasteiger partial charge is 0.472 e. The zero-order valence-corrected chi connectivity index (χ0v) is 42.3. The molecule has 13 nitrogen and oxygen atoms in total. The van der Waals surface area contributed by atoms with Gasteiger partial charge in [0.25, 0.3) is 0 Å².